The van der Waals surface area contributed by atoms with Gasteiger partial charge in [-0.25, -0.2) is 0 Å². The molecule has 0 aliphatic carbocycles. The van der Waals surface area contributed by atoms with Crippen molar-refractivity contribution in [1.82, 2.24) is 0 Å². The van der Waals surface area contributed by atoms with E-state index in [1.54, 1.807) is 18.2 Å². The zero-order valence-electron chi connectivity index (χ0n) is 10.9. The van der Waals surface area contributed by atoms with Crippen LogP contribution in [0.3, 0.4) is 0 Å². The first-order chi connectivity index (χ1) is 9.76. The molecule has 0 aromatic heterocycles. The van der Waals surface area contributed by atoms with Gasteiger partial charge in [-0.2, -0.15) is 0 Å². The van der Waals surface area contributed by atoms with Crippen molar-refractivity contribution in [2.75, 3.05) is 0 Å². The molecule has 0 saturated carbocycles. The molecule has 8 heteroatoms. The number of rotatable bonds is 3. The monoisotopic (exact) mass is 415 g/mol. The molecule has 0 radical (unpaired) electrons. The maximum atomic E-state index is 12.1. The highest BCUT2D eigenvalue weighted by molar-refractivity contribution is 9.10. The minimum Gasteiger partial charge on any atom is -0.406 e. The topological polar surface area (TPSA) is 35.2 Å². The van der Waals surface area contributed by atoms with E-state index in [1.165, 1.54) is 24.3 Å². The molecule has 0 amide bonds. The quantitative estimate of drug-likeness (QED) is 0.719. The predicted molar refractivity (Wildman–Crippen MR) is 85.6 cm³/mol. The van der Waals surface area contributed by atoms with E-state index in [9.17, 15) is 13.2 Å². The fraction of sp³-hybridized carbons (Fsp3) is 0.143. The number of hydrogen-bond donors (Lipinski definition) is 1. The number of hydrogen-bond acceptors (Lipinski definition) is 2. The average Bonchev–Trinajstić information content (AvgIpc) is 2.40. The summed E-state index contributed by atoms with van der Waals surface area (Å²) in [5, 5.41) is 0.528. The van der Waals surface area contributed by atoms with E-state index in [-0.39, 0.29) is 18.2 Å². The van der Waals surface area contributed by atoms with Gasteiger partial charge in [-0.15, -0.1) is 25.6 Å². The highest BCUT2D eigenvalue weighted by atomic mass is 79.9. The largest absolute Gasteiger partial charge is 0.573 e. The van der Waals surface area contributed by atoms with Gasteiger partial charge in [0.15, 0.2) is 0 Å². The fourth-order valence-electron chi connectivity index (χ4n) is 1.81. The van der Waals surface area contributed by atoms with Crippen LogP contribution in [0, 0.1) is 0 Å². The van der Waals surface area contributed by atoms with Gasteiger partial charge in [0.25, 0.3) is 0 Å². The van der Waals surface area contributed by atoms with Gasteiger partial charge in [0.2, 0.25) is 0 Å². The standard InChI is InChI=1S/C14H10BrClF3NO.ClH/c15-12-6-3-9(16)7-11(12)13(20)8-1-4-10(5-2-8)21-14(17,18)19;/h1-7,13H,20H2;1H/t13-;/m1./s1. The molecule has 120 valence electrons. The molecule has 1 atom stereocenters. The Hall–Kier alpha value is -0.950. The third-order valence-electron chi connectivity index (χ3n) is 2.77. The molecular formula is C14H11BrCl2F3NO. The molecule has 0 heterocycles. The van der Waals surface area contributed by atoms with Crippen LogP contribution in [-0.2, 0) is 0 Å². The molecular weight excluding hydrogens is 406 g/mol. The van der Waals surface area contributed by atoms with E-state index in [0.717, 1.165) is 10.0 Å². The van der Waals surface area contributed by atoms with E-state index in [1.807, 2.05) is 0 Å². The number of halogens is 6. The second-order valence-corrected chi connectivity index (χ2v) is 5.55. The highest BCUT2D eigenvalue weighted by Crippen LogP contribution is 2.31. The third kappa shape index (κ3) is 5.05. The van der Waals surface area contributed by atoms with Crippen molar-refractivity contribution in [1.29, 1.82) is 0 Å². The van der Waals surface area contributed by atoms with Crippen LogP contribution in [-0.4, -0.2) is 6.36 Å². The van der Waals surface area contributed by atoms with Crippen LogP contribution in [0.1, 0.15) is 17.2 Å². The lowest BCUT2D eigenvalue weighted by molar-refractivity contribution is -0.274. The van der Waals surface area contributed by atoms with Crippen LogP contribution >= 0.6 is 39.9 Å². The van der Waals surface area contributed by atoms with E-state index in [2.05, 4.69) is 20.7 Å². The van der Waals surface area contributed by atoms with Gasteiger partial charge < -0.3 is 10.5 Å². The number of ether oxygens (including phenoxy) is 1. The summed E-state index contributed by atoms with van der Waals surface area (Å²) in [5.74, 6) is -0.288. The summed E-state index contributed by atoms with van der Waals surface area (Å²) in [7, 11) is 0. The molecule has 2 rings (SSSR count). The molecule has 0 aliphatic rings. The Bertz CT molecular complexity index is 635. The number of alkyl halides is 3. The minimum atomic E-state index is -4.71. The van der Waals surface area contributed by atoms with Crippen molar-refractivity contribution in [2.45, 2.75) is 12.4 Å². The summed E-state index contributed by atoms with van der Waals surface area (Å²) in [6.07, 6.45) is -4.71. The van der Waals surface area contributed by atoms with Crippen LogP contribution in [0.2, 0.25) is 5.02 Å². The Morgan fingerprint density at radius 3 is 2.23 bits per heavy atom. The molecule has 2 N–H and O–H groups in total. The fourth-order valence-corrected chi connectivity index (χ4v) is 2.48. The van der Waals surface area contributed by atoms with Crippen molar-refractivity contribution >= 4 is 39.9 Å². The first-order valence-corrected chi connectivity index (χ1v) is 6.99. The lowest BCUT2D eigenvalue weighted by atomic mass is 10.00. The number of nitrogens with two attached hydrogens (primary N) is 1. The van der Waals surface area contributed by atoms with Crippen LogP contribution < -0.4 is 10.5 Å². The maximum Gasteiger partial charge on any atom is 0.573 e. The average molecular weight is 417 g/mol. The SMILES string of the molecule is Cl.N[C@H](c1ccc(OC(F)(F)F)cc1)c1cc(Cl)ccc1Br. The Morgan fingerprint density at radius 2 is 1.68 bits per heavy atom. The van der Waals surface area contributed by atoms with Gasteiger partial charge in [0.05, 0.1) is 6.04 Å². The van der Waals surface area contributed by atoms with Gasteiger partial charge in [-0.1, -0.05) is 39.7 Å². The smallest absolute Gasteiger partial charge is 0.406 e. The normalized spacial score (nSPS) is 12.5. The van der Waals surface area contributed by atoms with Crippen molar-refractivity contribution in [3.05, 3.63) is 63.1 Å². The second kappa shape index (κ2) is 7.55. The summed E-state index contributed by atoms with van der Waals surface area (Å²) >= 11 is 9.30. The molecule has 2 aromatic rings. The Balaban J connectivity index is 0.00000242. The molecule has 0 fully saturated rings. The zero-order valence-corrected chi connectivity index (χ0v) is 14.1. The molecule has 2 aromatic carbocycles. The Labute approximate surface area is 144 Å². The summed E-state index contributed by atoms with van der Waals surface area (Å²) in [5.41, 5.74) is 7.50. The molecule has 0 spiro atoms. The molecule has 0 saturated heterocycles. The van der Waals surface area contributed by atoms with Gasteiger partial charge in [0.1, 0.15) is 5.75 Å². The minimum absolute atomic E-state index is 0. The van der Waals surface area contributed by atoms with Crippen molar-refractivity contribution < 1.29 is 17.9 Å². The highest BCUT2D eigenvalue weighted by Gasteiger charge is 2.31. The van der Waals surface area contributed by atoms with E-state index >= 15 is 0 Å². The summed E-state index contributed by atoms with van der Waals surface area (Å²) < 4.78 is 40.9. The van der Waals surface area contributed by atoms with E-state index < -0.39 is 12.4 Å². The molecule has 0 aliphatic heterocycles. The Kier molecular flexibility index (Phi) is 6.55. The maximum absolute atomic E-state index is 12.1. The number of benzene rings is 2. The van der Waals surface area contributed by atoms with Crippen molar-refractivity contribution in [3.63, 3.8) is 0 Å². The second-order valence-electron chi connectivity index (χ2n) is 4.26. The third-order valence-corrected chi connectivity index (χ3v) is 3.72. The summed E-state index contributed by atoms with van der Waals surface area (Å²) in [6.45, 7) is 0. The lowest BCUT2D eigenvalue weighted by Gasteiger charge is -2.16. The van der Waals surface area contributed by atoms with Gasteiger partial charge >= 0.3 is 6.36 Å². The van der Waals surface area contributed by atoms with Crippen molar-refractivity contribution in [2.24, 2.45) is 5.73 Å². The predicted octanol–water partition coefficient (Wildman–Crippen LogP) is 5.47. The van der Waals surface area contributed by atoms with Gasteiger partial charge in [-0.05, 0) is 41.5 Å². The van der Waals surface area contributed by atoms with Crippen LogP contribution in [0.15, 0.2) is 46.9 Å². The lowest BCUT2D eigenvalue weighted by Crippen LogP contribution is -2.17. The molecule has 0 bridgehead atoms. The Morgan fingerprint density at radius 1 is 1.09 bits per heavy atom. The van der Waals surface area contributed by atoms with E-state index in [0.29, 0.717) is 10.6 Å². The van der Waals surface area contributed by atoms with Crippen LogP contribution in [0.25, 0.3) is 0 Å². The van der Waals surface area contributed by atoms with Crippen molar-refractivity contribution in [3.8, 4) is 5.75 Å². The van der Waals surface area contributed by atoms with Crippen LogP contribution in [0.4, 0.5) is 13.2 Å². The molecule has 22 heavy (non-hydrogen) atoms. The molecule has 0 unspecified atom stereocenters. The van der Waals surface area contributed by atoms with E-state index in [4.69, 9.17) is 17.3 Å². The van der Waals surface area contributed by atoms with Crippen LogP contribution in [0.5, 0.6) is 5.75 Å². The zero-order chi connectivity index (χ0) is 15.6. The first-order valence-electron chi connectivity index (χ1n) is 5.82. The van der Waals surface area contributed by atoms with Gasteiger partial charge in [-0.3, -0.25) is 0 Å². The van der Waals surface area contributed by atoms with Gasteiger partial charge in [0, 0.05) is 9.50 Å². The summed E-state index contributed by atoms with van der Waals surface area (Å²) in [6, 6.07) is 10.1. The first kappa shape index (κ1) is 19.1. The summed E-state index contributed by atoms with van der Waals surface area (Å²) in [4.78, 5) is 0. The molecule has 2 nitrogen and oxygen atoms in total.